The molecule has 1 atom stereocenters. The van der Waals surface area contributed by atoms with E-state index in [4.69, 9.17) is 4.42 Å². The summed E-state index contributed by atoms with van der Waals surface area (Å²) in [5.74, 6) is 0.870. The van der Waals surface area contributed by atoms with Gasteiger partial charge in [0.05, 0.1) is 0 Å². The van der Waals surface area contributed by atoms with Gasteiger partial charge in [-0.15, -0.1) is 0 Å². The lowest BCUT2D eigenvalue weighted by Gasteiger charge is -2.17. The molecule has 0 aliphatic carbocycles. The fourth-order valence-corrected chi connectivity index (χ4v) is 1.94. The summed E-state index contributed by atoms with van der Waals surface area (Å²) in [6.07, 6.45) is 0. The van der Waals surface area contributed by atoms with Gasteiger partial charge in [0.15, 0.2) is 16.2 Å². The number of hydrogen-bond acceptors (Lipinski definition) is 3. The summed E-state index contributed by atoms with van der Waals surface area (Å²) in [6.45, 7) is 5.65. The minimum absolute atomic E-state index is 0.114. The van der Waals surface area contributed by atoms with E-state index in [1.165, 1.54) is 0 Å². The van der Waals surface area contributed by atoms with Crippen molar-refractivity contribution in [2.75, 3.05) is 0 Å². The SMILES string of the molecule is CC(C)N=C1NC(=O)C(C)(c2ccc(Br)o2)N1. The molecule has 1 aromatic heterocycles. The fourth-order valence-electron chi connectivity index (χ4n) is 1.64. The number of guanidine groups is 1. The van der Waals surface area contributed by atoms with Crippen LogP contribution in [0.25, 0.3) is 0 Å². The molecule has 0 radical (unpaired) electrons. The van der Waals surface area contributed by atoms with Crippen molar-refractivity contribution in [3.05, 3.63) is 22.6 Å². The second kappa shape index (κ2) is 4.18. The van der Waals surface area contributed by atoms with Crippen LogP contribution >= 0.6 is 15.9 Å². The van der Waals surface area contributed by atoms with E-state index >= 15 is 0 Å². The van der Waals surface area contributed by atoms with Gasteiger partial charge in [-0.2, -0.15) is 0 Å². The van der Waals surface area contributed by atoms with E-state index in [9.17, 15) is 4.79 Å². The summed E-state index contributed by atoms with van der Waals surface area (Å²) in [5, 5.41) is 5.76. The molecule has 17 heavy (non-hydrogen) atoms. The van der Waals surface area contributed by atoms with Crippen LogP contribution in [0.1, 0.15) is 26.5 Å². The summed E-state index contributed by atoms with van der Waals surface area (Å²) >= 11 is 3.22. The number of furan rings is 1. The summed E-state index contributed by atoms with van der Waals surface area (Å²) in [7, 11) is 0. The third kappa shape index (κ3) is 2.22. The zero-order valence-electron chi connectivity index (χ0n) is 9.87. The van der Waals surface area contributed by atoms with Crippen molar-refractivity contribution >= 4 is 27.8 Å². The van der Waals surface area contributed by atoms with Crippen molar-refractivity contribution in [1.29, 1.82) is 0 Å². The maximum atomic E-state index is 12.0. The number of hydrogen-bond donors (Lipinski definition) is 2. The monoisotopic (exact) mass is 299 g/mol. The Bertz CT molecular complexity index is 481. The fraction of sp³-hybridized carbons (Fsp3) is 0.455. The smallest absolute Gasteiger partial charge is 0.260 e. The molecule has 1 aromatic rings. The van der Waals surface area contributed by atoms with E-state index < -0.39 is 5.54 Å². The maximum Gasteiger partial charge on any atom is 0.260 e. The molecule has 1 aliphatic heterocycles. The first kappa shape index (κ1) is 12.2. The van der Waals surface area contributed by atoms with E-state index in [0.29, 0.717) is 16.4 Å². The first-order valence-corrected chi connectivity index (χ1v) is 6.14. The Balaban J connectivity index is 2.31. The van der Waals surface area contributed by atoms with Crippen LogP contribution in [0.2, 0.25) is 0 Å². The molecule has 92 valence electrons. The van der Waals surface area contributed by atoms with Crippen LogP contribution in [0.3, 0.4) is 0 Å². The maximum absolute atomic E-state index is 12.0. The molecule has 0 aromatic carbocycles. The van der Waals surface area contributed by atoms with Gasteiger partial charge in [-0.1, -0.05) is 0 Å². The molecule has 5 nitrogen and oxygen atoms in total. The van der Waals surface area contributed by atoms with Crippen molar-refractivity contribution in [1.82, 2.24) is 10.6 Å². The number of halogens is 1. The largest absolute Gasteiger partial charge is 0.451 e. The molecule has 2 N–H and O–H groups in total. The lowest BCUT2D eigenvalue weighted by Crippen LogP contribution is -2.40. The van der Waals surface area contributed by atoms with Crippen LogP contribution in [0.15, 0.2) is 26.2 Å². The van der Waals surface area contributed by atoms with Gasteiger partial charge < -0.3 is 9.73 Å². The van der Waals surface area contributed by atoms with Crippen LogP contribution in [-0.2, 0) is 10.3 Å². The quantitative estimate of drug-likeness (QED) is 0.874. The molecular weight excluding hydrogens is 286 g/mol. The summed E-state index contributed by atoms with van der Waals surface area (Å²) in [4.78, 5) is 16.2. The minimum Gasteiger partial charge on any atom is -0.451 e. The first-order valence-electron chi connectivity index (χ1n) is 5.35. The second-order valence-corrected chi connectivity index (χ2v) is 5.16. The topological polar surface area (TPSA) is 66.6 Å². The van der Waals surface area contributed by atoms with Crippen molar-refractivity contribution in [2.24, 2.45) is 4.99 Å². The first-order chi connectivity index (χ1) is 7.91. The van der Waals surface area contributed by atoms with Crippen molar-refractivity contribution < 1.29 is 9.21 Å². The third-order valence-corrected chi connectivity index (χ3v) is 2.93. The Morgan fingerprint density at radius 1 is 1.47 bits per heavy atom. The van der Waals surface area contributed by atoms with Crippen LogP contribution in [-0.4, -0.2) is 17.9 Å². The third-order valence-electron chi connectivity index (χ3n) is 2.51. The Kier molecular flexibility index (Phi) is 2.99. The van der Waals surface area contributed by atoms with Crippen molar-refractivity contribution in [3.8, 4) is 0 Å². The molecule has 1 saturated heterocycles. The average Bonchev–Trinajstić information content (AvgIpc) is 2.73. The highest BCUT2D eigenvalue weighted by molar-refractivity contribution is 9.10. The van der Waals surface area contributed by atoms with Gasteiger partial charge in [0.1, 0.15) is 5.76 Å². The molecule has 0 spiro atoms. The lowest BCUT2D eigenvalue weighted by atomic mass is 10.00. The molecule has 1 amide bonds. The molecule has 0 saturated carbocycles. The highest BCUT2D eigenvalue weighted by atomic mass is 79.9. The molecule has 2 rings (SSSR count). The van der Waals surface area contributed by atoms with Crippen LogP contribution < -0.4 is 10.6 Å². The normalized spacial score (nSPS) is 26.4. The van der Waals surface area contributed by atoms with Gasteiger partial charge in [0.2, 0.25) is 0 Å². The average molecular weight is 300 g/mol. The van der Waals surface area contributed by atoms with Crippen LogP contribution in [0, 0.1) is 0 Å². The molecule has 2 heterocycles. The van der Waals surface area contributed by atoms with Crippen LogP contribution in [0.5, 0.6) is 0 Å². The Morgan fingerprint density at radius 3 is 2.71 bits per heavy atom. The summed E-state index contributed by atoms with van der Waals surface area (Å²) in [5.41, 5.74) is -0.903. The number of nitrogens with one attached hydrogen (secondary N) is 2. The van der Waals surface area contributed by atoms with Gasteiger partial charge in [-0.3, -0.25) is 15.1 Å². The highest BCUT2D eigenvalue weighted by Gasteiger charge is 2.45. The number of carbonyl (C=O) groups is 1. The zero-order valence-corrected chi connectivity index (χ0v) is 11.5. The molecule has 0 bridgehead atoms. The number of nitrogens with zero attached hydrogens (tertiary/aromatic N) is 1. The van der Waals surface area contributed by atoms with E-state index in [0.717, 1.165) is 0 Å². The molecule has 6 heteroatoms. The van der Waals surface area contributed by atoms with E-state index in [1.54, 1.807) is 19.1 Å². The summed E-state index contributed by atoms with van der Waals surface area (Å²) < 4.78 is 6.03. The van der Waals surface area contributed by atoms with E-state index in [-0.39, 0.29) is 11.9 Å². The van der Waals surface area contributed by atoms with Gasteiger partial charge in [0, 0.05) is 6.04 Å². The van der Waals surface area contributed by atoms with Gasteiger partial charge in [-0.05, 0) is 48.8 Å². The Hall–Kier alpha value is -1.30. The molecule has 1 fully saturated rings. The molecule has 1 aliphatic rings. The minimum atomic E-state index is -0.903. The van der Waals surface area contributed by atoms with Gasteiger partial charge in [0.25, 0.3) is 5.91 Å². The summed E-state index contributed by atoms with van der Waals surface area (Å²) in [6, 6.07) is 3.63. The van der Waals surface area contributed by atoms with E-state index in [1.807, 2.05) is 13.8 Å². The Labute approximate surface area is 108 Å². The molecule has 1 unspecified atom stereocenters. The highest BCUT2D eigenvalue weighted by Crippen LogP contribution is 2.28. The van der Waals surface area contributed by atoms with Gasteiger partial charge in [-0.25, -0.2) is 0 Å². The predicted octanol–water partition coefficient (Wildman–Crippen LogP) is 1.74. The van der Waals surface area contributed by atoms with Crippen molar-refractivity contribution in [3.63, 3.8) is 0 Å². The predicted molar refractivity (Wildman–Crippen MR) is 67.6 cm³/mol. The lowest BCUT2D eigenvalue weighted by molar-refractivity contribution is -0.124. The van der Waals surface area contributed by atoms with Crippen LogP contribution in [0.4, 0.5) is 0 Å². The molecular formula is C11H14BrN3O2. The van der Waals surface area contributed by atoms with Crippen molar-refractivity contribution in [2.45, 2.75) is 32.4 Å². The zero-order chi connectivity index (χ0) is 12.6. The Morgan fingerprint density at radius 2 is 2.18 bits per heavy atom. The number of aliphatic imine (C=N–C) groups is 1. The number of amides is 1. The van der Waals surface area contributed by atoms with Gasteiger partial charge >= 0.3 is 0 Å². The number of carbonyl (C=O) groups excluding carboxylic acids is 1. The standard InChI is InChI=1S/C11H14BrN3O2/c1-6(2)13-10-14-9(16)11(3,15-10)7-4-5-8(12)17-7/h4-6H,1-3H3,(H2,13,14,15,16). The van der Waals surface area contributed by atoms with E-state index in [2.05, 4.69) is 31.6 Å². The second-order valence-electron chi connectivity index (χ2n) is 4.38. The number of rotatable bonds is 2.